The van der Waals surface area contributed by atoms with Crippen molar-refractivity contribution in [1.82, 2.24) is 0 Å². The Morgan fingerprint density at radius 1 is 1.10 bits per heavy atom. The number of hydrogen-bond donors (Lipinski definition) is 1. The van der Waals surface area contributed by atoms with Gasteiger partial charge in [0.15, 0.2) is 5.78 Å². The summed E-state index contributed by atoms with van der Waals surface area (Å²) < 4.78 is 5.76. The van der Waals surface area contributed by atoms with Gasteiger partial charge in [-0.2, -0.15) is 0 Å². The number of nitrogen functional groups attached to an aromatic ring is 1. The van der Waals surface area contributed by atoms with E-state index in [0.29, 0.717) is 12.1 Å². The fourth-order valence-electron chi connectivity index (χ4n) is 3.43. The van der Waals surface area contributed by atoms with Gasteiger partial charge in [-0.15, -0.1) is 0 Å². The molecule has 0 saturated heterocycles. The Labute approximate surface area is 186 Å². The first-order valence-electron chi connectivity index (χ1n) is 10.5. The van der Waals surface area contributed by atoms with Crippen molar-refractivity contribution in [2.24, 2.45) is 5.92 Å². The van der Waals surface area contributed by atoms with Crippen molar-refractivity contribution in [3.8, 4) is 0 Å². The monoisotopic (exact) mass is 418 g/mol. The highest BCUT2D eigenvalue weighted by Gasteiger charge is 2.17. The zero-order valence-electron chi connectivity index (χ0n) is 19.2. The Morgan fingerprint density at radius 2 is 1.77 bits per heavy atom. The number of hydrogen-bond acceptors (Lipinski definition) is 4. The molecule has 0 spiro atoms. The van der Waals surface area contributed by atoms with Crippen molar-refractivity contribution in [2.75, 3.05) is 31.8 Å². The molecule has 4 heteroatoms. The smallest absolute Gasteiger partial charge is 0.159 e. The molecule has 0 aliphatic heterocycles. The van der Waals surface area contributed by atoms with E-state index in [4.69, 9.17) is 10.5 Å². The van der Waals surface area contributed by atoms with E-state index in [1.807, 2.05) is 63.5 Å². The summed E-state index contributed by atoms with van der Waals surface area (Å²) in [5.74, 6) is 0.213. The van der Waals surface area contributed by atoms with Crippen molar-refractivity contribution in [3.63, 3.8) is 0 Å². The summed E-state index contributed by atoms with van der Waals surface area (Å²) >= 11 is 0. The molecule has 4 nitrogen and oxygen atoms in total. The minimum absolute atomic E-state index is 0.0467. The van der Waals surface area contributed by atoms with Crippen LogP contribution in [0.1, 0.15) is 37.5 Å². The normalized spacial score (nSPS) is 14.2. The van der Waals surface area contributed by atoms with Crippen LogP contribution in [0.2, 0.25) is 0 Å². The molecule has 0 aliphatic carbocycles. The van der Waals surface area contributed by atoms with Crippen molar-refractivity contribution in [1.29, 1.82) is 0 Å². The molecule has 0 heterocycles. The number of para-hydroxylation sites is 1. The van der Waals surface area contributed by atoms with Gasteiger partial charge >= 0.3 is 0 Å². The Balaban J connectivity index is 1.96. The molecule has 2 aromatic rings. The third-order valence-corrected chi connectivity index (χ3v) is 5.14. The number of carbonyl (C=O) groups excluding carboxylic acids is 1. The first kappa shape index (κ1) is 24.2. The van der Waals surface area contributed by atoms with Crippen LogP contribution in [0.15, 0.2) is 78.4 Å². The maximum absolute atomic E-state index is 12.2. The Hall–Kier alpha value is -3.11. The van der Waals surface area contributed by atoms with E-state index in [1.165, 1.54) is 0 Å². The predicted molar refractivity (Wildman–Crippen MR) is 132 cm³/mol. The van der Waals surface area contributed by atoms with Crippen molar-refractivity contribution >= 4 is 23.2 Å². The molecule has 0 amide bonds. The summed E-state index contributed by atoms with van der Waals surface area (Å²) in [6.07, 6.45) is 9.66. The van der Waals surface area contributed by atoms with Crippen LogP contribution in [-0.4, -0.2) is 27.0 Å². The van der Waals surface area contributed by atoms with Crippen molar-refractivity contribution in [2.45, 2.75) is 26.4 Å². The van der Waals surface area contributed by atoms with Gasteiger partial charge in [-0.25, -0.2) is 0 Å². The van der Waals surface area contributed by atoms with Gasteiger partial charge < -0.3 is 15.4 Å². The third-order valence-electron chi connectivity index (χ3n) is 5.14. The number of ether oxygens (including phenoxy) is 1. The van der Waals surface area contributed by atoms with E-state index < -0.39 is 0 Å². The van der Waals surface area contributed by atoms with Gasteiger partial charge in [0.1, 0.15) is 0 Å². The summed E-state index contributed by atoms with van der Waals surface area (Å²) in [4.78, 5) is 14.3. The minimum atomic E-state index is -0.0467. The summed E-state index contributed by atoms with van der Waals surface area (Å²) in [7, 11) is 5.78. The van der Waals surface area contributed by atoms with E-state index >= 15 is 0 Å². The first-order chi connectivity index (χ1) is 14.8. The number of ketones is 1. The number of allylic oxidation sites excluding steroid dienone is 4. The summed E-state index contributed by atoms with van der Waals surface area (Å²) in [6.45, 7) is 4.13. The van der Waals surface area contributed by atoms with Crippen molar-refractivity contribution in [3.05, 3.63) is 89.5 Å². The molecule has 2 rings (SSSR count). The number of rotatable bonds is 10. The summed E-state index contributed by atoms with van der Waals surface area (Å²) in [5, 5.41) is 0. The highest BCUT2D eigenvalue weighted by atomic mass is 16.5. The first-order valence-corrected chi connectivity index (χ1v) is 10.5. The summed E-state index contributed by atoms with van der Waals surface area (Å²) in [6, 6.07) is 16.0. The number of nitrogens with two attached hydrogens (primary N) is 1. The van der Waals surface area contributed by atoms with E-state index in [0.717, 1.165) is 22.4 Å². The lowest BCUT2D eigenvalue weighted by atomic mass is 9.95. The van der Waals surface area contributed by atoms with E-state index in [1.54, 1.807) is 13.2 Å². The molecule has 2 aromatic carbocycles. The van der Waals surface area contributed by atoms with Crippen LogP contribution in [0.3, 0.4) is 0 Å². The second-order valence-corrected chi connectivity index (χ2v) is 7.95. The molecule has 2 N–H and O–H groups in total. The molecule has 31 heavy (non-hydrogen) atoms. The molecule has 2 atom stereocenters. The lowest BCUT2D eigenvalue weighted by Crippen LogP contribution is -2.12. The van der Waals surface area contributed by atoms with Gasteiger partial charge in [-0.05, 0) is 42.3 Å². The largest absolute Gasteiger partial charge is 0.398 e. The van der Waals surface area contributed by atoms with Crippen LogP contribution >= 0.6 is 0 Å². The van der Waals surface area contributed by atoms with Crippen LogP contribution in [0.5, 0.6) is 0 Å². The second-order valence-electron chi connectivity index (χ2n) is 7.95. The second kappa shape index (κ2) is 11.9. The van der Waals surface area contributed by atoms with Gasteiger partial charge in [-0.1, -0.05) is 67.1 Å². The topological polar surface area (TPSA) is 55.6 Å². The third kappa shape index (κ3) is 7.58. The number of methoxy groups -OCH3 is 1. The van der Waals surface area contributed by atoms with Gasteiger partial charge in [-0.3, -0.25) is 4.79 Å². The standard InChI is InChI=1S/C27H34N2O2/c1-20(13-18-25(30)11-8-10-22-9-6-7-12-26(22)28)19-21(2)27(31-5)23-14-16-24(17-15-23)29(3)4/h6-10,12-19,21,27H,11,28H2,1-5H3/b10-8+,18-13+,20-19+. The molecular formula is C27H34N2O2. The molecule has 0 saturated carbocycles. The summed E-state index contributed by atoms with van der Waals surface area (Å²) in [5.41, 5.74) is 10.9. The van der Waals surface area contributed by atoms with Crippen LogP contribution in [0.25, 0.3) is 6.08 Å². The van der Waals surface area contributed by atoms with Crippen LogP contribution in [-0.2, 0) is 9.53 Å². The van der Waals surface area contributed by atoms with Crippen LogP contribution in [0.4, 0.5) is 11.4 Å². The fourth-order valence-corrected chi connectivity index (χ4v) is 3.43. The van der Waals surface area contributed by atoms with Gasteiger partial charge in [0.25, 0.3) is 0 Å². The molecule has 0 aromatic heterocycles. The molecular weight excluding hydrogens is 384 g/mol. The average Bonchev–Trinajstić information content (AvgIpc) is 2.74. The van der Waals surface area contributed by atoms with Gasteiger partial charge in [0.2, 0.25) is 0 Å². The molecule has 0 bridgehead atoms. The quantitative estimate of drug-likeness (QED) is 0.299. The lowest BCUT2D eigenvalue weighted by molar-refractivity contribution is -0.113. The van der Waals surface area contributed by atoms with E-state index in [9.17, 15) is 4.79 Å². The number of benzene rings is 2. The van der Waals surface area contributed by atoms with Crippen LogP contribution in [0, 0.1) is 5.92 Å². The Bertz CT molecular complexity index is 940. The molecule has 0 fully saturated rings. The number of carbonyl (C=O) groups is 1. The molecule has 2 unspecified atom stereocenters. The average molecular weight is 419 g/mol. The highest BCUT2D eigenvalue weighted by Crippen LogP contribution is 2.28. The zero-order chi connectivity index (χ0) is 22.8. The SMILES string of the molecule is COC(c1ccc(N(C)C)cc1)C(C)/C=C(C)/C=C/C(=O)C/C=C/c1ccccc1N. The van der Waals surface area contributed by atoms with E-state index in [2.05, 4.69) is 42.2 Å². The Kier molecular flexibility index (Phi) is 9.29. The van der Waals surface area contributed by atoms with Crippen molar-refractivity contribution < 1.29 is 9.53 Å². The minimum Gasteiger partial charge on any atom is -0.398 e. The number of nitrogens with zero attached hydrogens (tertiary/aromatic N) is 1. The maximum atomic E-state index is 12.2. The molecule has 0 radical (unpaired) electrons. The predicted octanol–water partition coefficient (Wildman–Crippen LogP) is 5.83. The van der Waals surface area contributed by atoms with Crippen LogP contribution < -0.4 is 10.6 Å². The van der Waals surface area contributed by atoms with Gasteiger partial charge in [0.05, 0.1) is 6.10 Å². The molecule has 0 aliphatic rings. The van der Waals surface area contributed by atoms with Gasteiger partial charge in [0, 0.05) is 44.9 Å². The van der Waals surface area contributed by atoms with E-state index in [-0.39, 0.29) is 17.8 Å². The maximum Gasteiger partial charge on any atom is 0.159 e. The lowest BCUT2D eigenvalue weighted by Gasteiger charge is -2.22. The zero-order valence-corrected chi connectivity index (χ0v) is 19.2. The Morgan fingerprint density at radius 3 is 2.39 bits per heavy atom. The number of anilines is 2. The molecule has 164 valence electrons. The fraction of sp³-hybridized carbons (Fsp3) is 0.296. The highest BCUT2D eigenvalue weighted by molar-refractivity contribution is 5.91.